The van der Waals surface area contributed by atoms with Gasteiger partial charge < -0.3 is 10.0 Å². The van der Waals surface area contributed by atoms with Crippen LogP contribution in [0.1, 0.15) is 90.4 Å². The summed E-state index contributed by atoms with van der Waals surface area (Å²) in [6, 6.07) is 10.7. The minimum atomic E-state index is -0.659. The summed E-state index contributed by atoms with van der Waals surface area (Å²) < 4.78 is 0. The lowest BCUT2D eigenvalue weighted by Crippen LogP contribution is -2.29. The maximum Gasteiger partial charge on any atom is 0.303 e. The van der Waals surface area contributed by atoms with E-state index in [1.54, 1.807) is 0 Å². The zero-order valence-corrected chi connectivity index (χ0v) is 16.8. The van der Waals surface area contributed by atoms with Crippen molar-refractivity contribution >= 4 is 11.7 Å². The van der Waals surface area contributed by atoms with Crippen LogP contribution in [0.4, 0.5) is 5.69 Å². The first-order valence-corrected chi connectivity index (χ1v) is 10.8. The number of rotatable bonds is 11. The van der Waals surface area contributed by atoms with Gasteiger partial charge in [-0.15, -0.1) is 0 Å². The van der Waals surface area contributed by atoms with Gasteiger partial charge in [0, 0.05) is 25.2 Å². The predicted octanol–water partition coefficient (Wildman–Crippen LogP) is 6.67. The lowest BCUT2D eigenvalue weighted by Gasteiger charge is -2.28. The highest BCUT2D eigenvalue weighted by atomic mass is 16.4. The molecule has 1 aromatic rings. The highest BCUT2D eigenvalue weighted by molar-refractivity contribution is 5.66. The summed E-state index contributed by atoms with van der Waals surface area (Å²) in [6.07, 6.45) is 15.6. The second-order valence-electron chi connectivity index (χ2n) is 7.36. The molecule has 1 saturated heterocycles. The van der Waals surface area contributed by atoms with Gasteiger partial charge in [0.1, 0.15) is 0 Å². The maximum atomic E-state index is 10.2. The maximum absolute atomic E-state index is 10.2. The van der Waals surface area contributed by atoms with Gasteiger partial charge in [-0.3, -0.25) is 4.79 Å². The second kappa shape index (κ2) is 15.7. The molecule has 3 heteroatoms. The van der Waals surface area contributed by atoms with Gasteiger partial charge in [-0.1, -0.05) is 76.5 Å². The quantitative estimate of drug-likeness (QED) is 0.447. The first-order chi connectivity index (χ1) is 12.7. The molecule has 26 heavy (non-hydrogen) atoms. The Morgan fingerprint density at radius 2 is 1.38 bits per heavy atom. The van der Waals surface area contributed by atoms with E-state index in [-0.39, 0.29) is 0 Å². The van der Waals surface area contributed by atoms with E-state index in [4.69, 9.17) is 5.11 Å². The van der Waals surface area contributed by atoms with E-state index < -0.39 is 5.97 Å². The summed E-state index contributed by atoms with van der Waals surface area (Å²) in [6.45, 7) is 4.71. The van der Waals surface area contributed by atoms with Crippen LogP contribution in [0.25, 0.3) is 0 Å². The van der Waals surface area contributed by atoms with Crippen LogP contribution >= 0.6 is 0 Å². The molecule has 1 aromatic carbocycles. The van der Waals surface area contributed by atoms with Gasteiger partial charge in [-0.25, -0.2) is 0 Å². The van der Waals surface area contributed by atoms with Gasteiger partial charge in [0.2, 0.25) is 0 Å². The van der Waals surface area contributed by atoms with Crippen LogP contribution in [0.2, 0.25) is 0 Å². The first kappa shape index (κ1) is 22.5. The second-order valence-corrected chi connectivity index (χ2v) is 7.36. The summed E-state index contributed by atoms with van der Waals surface area (Å²) >= 11 is 0. The van der Waals surface area contributed by atoms with Crippen molar-refractivity contribution in [1.82, 2.24) is 0 Å². The number of hydrogen-bond donors (Lipinski definition) is 1. The van der Waals surface area contributed by atoms with E-state index in [0.717, 1.165) is 12.8 Å². The van der Waals surface area contributed by atoms with Crippen molar-refractivity contribution in [3.63, 3.8) is 0 Å². The molecule has 0 aliphatic carbocycles. The van der Waals surface area contributed by atoms with Gasteiger partial charge >= 0.3 is 5.97 Å². The molecule has 0 unspecified atom stereocenters. The van der Waals surface area contributed by atoms with Gasteiger partial charge in [-0.2, -0.15) is 0 Å². The molecular weight excluding hydrogens is 322 g/mol. The van der Waals surface area contributed by atoms with Gasteiger partial charge in [0.25, 0.3) is 0 Å². The van der Waals surface area contributed by atoms with Crippen molar-refractivity contribution in [2.75, 3.05) is 18.0 Å². The molecule has 1 aliphatic rings. The lowest BCUT2D eigenvalue weighted by atomic mass is 10.1. The Morgan fingerprint density at radius 1 is 0.846 bits per heavy atom. The van der Waals surface area contributed by atoms with Crippen LogP contribution in [-0.2, 0) is 4.79 Å². The Labute approximate surface area is 160 Å². The number of carboxylic acid groups (broad SMARTS) is 1. The number of unbranched alkanes of at least 4 members (excludes halogenated alkanes) is 8. The van der Waals surface area contributed by atoms with Gasteiger partial charge in [0.15, 0.2) is 0 Å². The van der Waals surface area contributed by atoms with Crippen molar-refractivity contribution in [3.05, 3.63) is 30.3 Å². The van der Waals surface area contributed by atoms with Crippen LogP contribution in [-0.4, -0.2) is 24.2 Å². The fourth-order valence-corrected chi connectivity index (χ4v) is 3.38. The summed E-state index contributed by atoms with van der Waals surface area (Å²) in [5.74, 6) is -0.659. The number of piperidine rings is 1. The summed E-state index contributed by atoms with van der Waals surface area (Å²) in [7, 11) is 0. The van der Waals surface area contributed by atoms with Crippen molar-refractivity contribution < 1.29 is 9.90 Å². The SMILES string of the molecule is CCCCCCCCCCCC(=O)O.c1ccc(N2CCCCC2)cc1. The van der Waals surface area contributed by atoms with E-state index in [0.29, 0.717) is 6.42 Å². The molecule has 0 bridgehead atoms. The van der Waals surface area contributed by atoms with Gasteiger partial charge in [-0.05, 0) is 37.8 Å². The molecular formula is C23H39NO2. The average Bonchev–Trinajstić information content (AvgIpc) is 2.68. The Morgan fingerprint density at radius 3 is 1.92 bits per heavy atom. The molecule has 0 amide bonds. The van der Waals surface area contributed by atoms with Crippen LogP contribution in [0.3, 0.4) is 0 Å². The zero-order chi connectivity index (χ0) is 18.9. The van der Waals surface area contributed by atoms with Crippen molar-refractivity contribution in [2.24, 2.45) is 0 Å². The molecule has 0 aromatic heterocycles. The Kier molecular flexibility index (Phi) is 13.6. The fourth-order valence-electron chi connectivity index (χ4n) is 3.38. The van der Waals surface area contributed by atoms with E-state index >= 15 is 0 Å². The molecule has 0 saturated carbocycles. The standard InChI is InChI=1S/C12H24O2.C11H15N/c1-2-3-4-5-6-7-8-9-10-11-12(13)14;1-3-7-11(8-4-1)12-9-5-2-6-10-12/h2-11H2,1H3,(H,13,14);1,3-4,7-8H,2,5-6,9-10H2. The average molecular weight is 362 g/mol. The molecule has 2 rings (SSSR count). The number of para-hydroxylation sites is 1. The van der Waals surface area contributed by atoms with Crippen molar-refractivity contribution in [3.8, 4) is 0 Å². The monoisotopic (exact) mass is 361 g/mol. The number of hydrogen-bond acceptors (Lipinski definition) is 2. The van der Waals surface area contributed by atoms with Crippen LogP contribution in [0.15, 0.2) is 30.3 Å². The normalized spacial score (nSPS) is 13.8. The topological polar surface area (TPSA) is 40.5 Å². The van der Waals surface area contributed by atoms with Crippen LogP contribution in [0, 0.1) is 0 Å². The van der Waals surface area contributed by atoms with Gasteiger partial charge in [0.05, 0.1) is 0 Å². The zero-order valence-electron chi connectivity index (χ0n) is 16.8. The molecule has 1 fully saturated rings. The highest BCUT2D eigenvalue weighted by Gasteiger charge is 2.09. The third-order valence-electron chi connectivity index (χ3n) is 4.97. The van der Waals surface area contributed by atoms with Crippen molar-refractivity contribution in [2.45, 2.75) is 90.4 Å². The predicted molar refractivity (Wildman–Crippen MR) is 112 cm³/mol. The number of carboxylic acids is 1. The Hall–Kier alpha value is -1.51. The Bertz CT molecular complexity index is 441. The highest BCUT2D eigenvalue weighted by Crippen LogP contribution is 2.18. The molecule has 1 aliphatic heterocycles. The third kappa shape index (κ3) is 11.9. The largest absolute Gasteiger partial charge is 0.481 e. The molecule has 1 heterocycles. The molecule has 3 nitrogen and oxygen atoms in total. The van der Waals surface area contributed by atoms with Crippen LogP contribution < -0.4 is 4.90 Å². The number of nitrogens with zero attached hydrogens (tertiary/aromatic N) is 1. The molecule has 0 spiro atoms. The molecule has 1 N–H and O–H groups in total. The smallest absolute Gasteiger partial charge is 0.303 e. The minimum absolute atomic E-state index is 0.343. The summed E-state index contributed by atoms with van der Waals surface area (Å²) in [4.78, 5) is 12.7. The van der Waals surface area contributed by atoms with Crippen molar-refractivity contribution in [1.29, 1.82) is 0 Å². The summed E-state index contributed by atoms with van der Waals surface area (Å²) in [5, 5.41) is 8.41. The summed E-state index contributed by atoms with van der Waals surface area (Å²) in [5.41, 5.74) is 1.39. The fraction of sp³-hybridized carbons (Fsp3) is 0.696. The molecule has 0 radical (unpaired) electrons. The van der Waals surface area contributed by atoms with E-state index in [2.05, 4.69) is 42.2 Å². The number of anilines is 1. The van der Waals surface area contributed by atoms with Crippen LogP contribution in [0.5, 0.6) is 0 Å². The van der Waals surface area contributed by atoms with E-state index in [1.807, 2.05) is 0 Å². The van der Waals surface area contributed by atoms with E-state index in [9.17, 15) is 4.79 Å². The lowest BCUT2D eigenvalue weighted by molar-refractivity contribution is -0.137. The number of aliphatic carboxylic acids is 1. The third-order valence-corrected chi connectivity index (χ3v) is 4.97. The molecule has 148 valence electrons. The minimum Gasteiger partial charge on any atom is -0.481 e. The molecule has 0 atom stereocenters. The number of benzene rings is 1. The van der Waals surface area contributed by atoms with E-state index in [1.165, 1.54) is 83.0 Å². The number of carbonyl (C=O) groups is 1. The first-order valence-electron chi connectivity index (χ1n) is 10.8. The Balaban J connectivity index is 0.000000262.